The molecule has 0 atom stereocenters. The third kappa shape index (κ3) is 2.87. The average molecular weight is 323 g/mol. The number of H-pyrrole nitrogens is 1. The number of hydrogen-bond acceptors (Lipinski definition) is 4. The van der Waals surface area contributed by atoms with Gasteiger partial charge in [-0.25, -0.2) is 9.37 Å². The molecule has 0 aliphatic carbocycles. The van der Waals surface area contributed by atoms with Gasteiger partial charge in [0.25, 0.3) is 0 Å². The molecule has 1 N–H and O–H groups in total. The lowest BCUT2D eigenvalue weighted by Gasteiger charge is -2.32. The highest BCUT2D eigenvalue weighted by atomic mass is 19.1. The fraction of sp³-hybridized carbons (Fsp3) is 0.278. The first kappa shape index (κ1) is 14.8. The number of aromatic nitrogens is 4. The van der Waals surface area contributed by atoms with Crippen LogP contribution in [0.5, 0.6) is 0 Å². The van der Waals surface area contributed by atoms with E-state index in [1.807, 2.05) is 30.3 Å². The summed E-state index contributed by atoms with van der Waals surface area (Å²) in [7, 11) is 0. The standard InChI is InChI=1S/C18H18FN5/c19-15-12-20-9-6-16(15)24-10-7-14(8-11-24)18-21-17(22-23-18)13-4-2-1-3-5-13/h1-6,9,12,14H,7-8,10-11H2,(H,21,22,23). The van der Waals surface area contributed by atoms with E-state index >= 15 is 0 Å². The van der Waals surface area contributed by atoms with Crippen molar-refractivity contribution in [3.05, 3.63) is 60.4 Å². The van der Waals surface area contributed by atoms with Crippen LogP contribution in [-0.4, -0.2) is 33.3 Å². The Bertz CT molecular complexity index is 809. The van der Waals surface area contributed by atoms with Crippen molar-refractivity contribution in [2.45, 2.75) is 18.8 Å². The van der Waals surface area contributed by atoms with Crippen LogP contribution in [0.4, 0.5) is 10.1 Å². The lowest BCUT2D eigenvalue weighted by Crippen LogP contribution is -2.33. The van der Waals surface area contributed by atoms with E-state index in [2.05, 4.69) is 25.1 Å². The fourth-order valence-corrected chi connectivity index (χ4v) is 3.19. The predicted octanol–water partition coefficient (Wildman–Crippen LogP) is 3.39. The molecule has 3 aromatic rings. The number of nitrogens with one attached hydrogen (secondary N) is 1. The second-order valence-corrected chi connectivity index (χ2v) is 6.00. The summed E-state index contributed by atoms with van der Waals surface area (Å²) in [6.07, 6.45) is 4.74. The van der Waals surface area contributed by atoms with Gasteiger partial charge < -0.3 is 4.90 Å². The Balaban J connectivity index is 1.45. The highest BCUT2D eigenvalue weighted by molar-refractivity contribution is 5.54. The summed E-state index contributed by atoms with van der Waals surface area (Å²) in [5.74, 6) is 1.72. The summed E-state index contributed by atoms with van der Waals surface area (Å²) in [4.78, 5) is 10.5. The van der Waals surface area contributed by atoms with Gasteiger partial charge in [-0.1, -0.05) is 30.3 Å². The Morgan fingerprint density at radius 1 is 1.08 bits per heavy atom. The first-order valence-electron chi connectivity index (χ1n) is 8.13. The Hall–Kier alpha value is -2.76. The minimum Gasteiger partial charge on any atom is -0.369 e. The minimum absolute atomic E-state index is 0.262. The topological polar surface area (TPSA) is 57.7 Å². The van der Waals surface area contributed by atoms with Gasteiger partial charge in [-0.2, -0.15) is 5.10 Å². The molecule has 2 aromatic heterocycles. The van der Waals surface area contributed by atoms with E-state index in [4.69, 9.17) is 0 Å². The van der Waals surface area contributed by atoms with Crippen LogP contribution in [0.15, 0.2) is 48.8 Å². The van der Waals surface area contributed by atoms with E-state index in [0.29, 0.717) is 11.6 Å². The molecule has 6 heteroatoms. The quantitative estimate of drug-likeness (QED) is 0.803. The van der Waals surface area contributed by atoms with Crippen molar-refractivity contribution in [3.8, 4) is 11.4 Å². The molecule has 122 valence electrons. The van der Waals surface area contributed by atoms with Crippen LogP contribution in [0, 0.1) is 5.82 Å². The number of piperidine rings is 1. The van der Waals surface area contributed by atoms with E-state index < -0.39 is 0 Å². The summed E-state index contributed by atoms with van der Waals surface area (Å²) in [5.41, 5.74) is 1.64. The van der Waals surface area contributed by atoms with Crippen molar-refractivity contribution in [3.63, 3.8) is 0 Å². The Kier molecular flexibility index (Phi) is 3.94. The van der Waals surface area contributed by atoms with Crippen molar-refractivity contribution in [1.82, 2.24) is 20.2 Å². The predicted molar refractivity (Wildman–Crippen MR) is 90.2 cm³/mol. The molecule has 4 rings (SSSR count). The van der Waals surface area contributed by atoms with Crippen molar-refractivity contribution in [2.75, 3.05) is 18.0 Å². The maximum Gasteiger partial charge on any atom is 0.181 e. The molecule has 1 saturated heterocycles. The van der Waals surface area contributed by atoms with E-state index in [1.165, 1.54) is 6.20 Å². The third-order valence-electron chi connectivity index (χ3n) is 4.51. The van der Waals surface area contributed by atoms with Crippen LogP contribution >= 0.6 is 0 Å². The Labute approximate surface area is 139 Å². The lowest BCUT2D eigenvalue weighted by molar-refractivity contribution is 0.480. The largest absolute Gasteiger partial charge is 0.369 e. The van der Waals surface area contributed by atoms with Gasteiger partial charge in [0.1, 0.15) is 5.82 Å². The van der Waals surface area contributed by atoms with E-state index in [-0.39, 0.29) is 5.82 Å². The van der Waals surface area contributed by atoms with Gasteiger partial charge in [-0.15, -0.1) is 0 Å². The van der Waals surface area contributed by atoms with E-state index in [1.54, 1.807) is 12.3 Å². The molecule has 0 spiro atoms. The molecular formula is C18H18FN5. The summed E-state index contributed by atoms with van der Waals surface area (Å²) < 4.78 is 13.9. The SMILES string of the molecule is Fc1cnccc1N1CCC(c2nc(-c3ccccc3)n[nH]2)CC1. The molecular weight excluding hydrogens is 305 g/mol. The number of hydrogen-bond donors (Lipinski definition) is 1. The molecule has 3 heterocycles. The first-order valence-corrected chi connectivity index (χ1v) is 8.13. The van der Waals surface area contributed by atoms with Gasteiger partial charge in [0, 0.05) is 30.8 Å². The number of nitrogens with zero attached hydrogens (tertiary/aromatic N) is 4. The second-order valence-electron chi connectivity index (χ2n) is 6.00. The Morgan fingerprint density at radius 2 is 1.88 bits per heavy atom. The third-order valence-corrected chi connectivity index (χ3v) is 4.51. The summed E-state index contributed by atoms with van der Waals surface area (Å²) in [6.45, 7) is 1.60. The van der Waals surface area contributed by atoms with Crippen LogP contribution < -0.4 is 4.90 Å². The number of rotatable bonds is 3. The van der Waals surface area contributed by atoms with Gasteiger partial charge in [-0.05, 0) is 18.9 Å². The number of benzene rings is 1. The first-order chi connectivity index (χ1) is 11.8. The molecule has 0 unspecified atom stereocenters. The van der Waals surface area contributed by atoms with Gasteiger partial charge in [0.15, 0.2) is 11.6 Å². The summed E-state index contributed by atoms with van der Waals surface area (Å²) in [6, 6.07) is 11.7. The van der Waals surface area contributed by atoms with E-state index in [9.17, 15) is 4.39 Å². The van der Waals surface area contributed by atoms with Crippen LogP contribution in [0.25, 0.3) is 11.4 Å². The zero-order chi connectivity index (χ0) is 16.4. The number of anilines is 1. The normalized spacial score (nSPS) is 15.6. The van der Waals surface area contributed by atoms with Crippen molar-refractivity contribution < 1.29 is 4.39 Å². The van der Waals surface area contributed by atoms with Gasteiger partial charge in [0.2, 0.25) is 0 Å². The van der Waals surface area contributed by atoms with Crippen LogP contribution in [-0.2, 0) is 0 Å². The molecule has 24 heavy (non-hydrogen) atoms. The molecule has 1 aromatic carbocycles. The van der Waals surface area contributed by atoms with Crippen LogP contribution in [0.2, 0.25) is 0 Å². The number of pyridine rings is 1. The van der Waals surface area contributed by atoms with Gasteiger partial charge in [-0.3, -0.25) is 10.1 Å². The maximum absolute atomic E-state index is 13.9. The molecule has 0 bridgehead atoms. The molecule has 1 aliphatic heterocycles. The van der Waals surface area contributed by atoms with Gasteiger partial charge in [0.05, 0.1) is 11.9 Å². The lowest BCUT2D eigenvalue weighted by atomic mass is 9.96. The number of halogens is 1. The maximum atomic E-state index is 13.9. The summed E-state index contributed by atoms with van der Waals surface area (Å²) in [5, 5.41) is 7.41. The minimum atomic E-state index is -0.262. The number of aromatic amines is 1. The molecule has 0 saturated carbocycles. The molecule has 1 fully saturated rings. The highest BCUT2D eigenvalue weighted by Gasteiger charge is 2.24. The zero-order valence-electron chi connectivity index (χ0n) is 13.2. The molecule has 1 aliphatic rings. The molecule has 0 amide bonds. The molecule has 5 nitrogen and oxygen atoms in total. The zero-order valence-corrected chi connectivity index (χ0v) is 13.2. The monoisotopic (exact) mass is 323 g/mol. The van der Waals surface area contributed by atoms with E-state index in [0.717, 1.165) is 43.1 Å². The van der Waals surface area contributed by atoms with Crippen molar-refractivity contribution in [2.24, 2.45) is 0 Å². The Morgan fingerprint density at radius 3 is 2.62 bits per heavy atom. The molecule has 0 radical (unpaired) electrons. The highest BCUT2D eigenvalue weighted by Crippen LogP contribution is 2.30. The second kappa shape index (κ2) is 6.39. The van der Waals surface area contributed by atoms with Crippen molar-refractivity contribution in [1.29, 1.82) is 0 Å². The smallest absolute Gasteiger partial charge is 0.181 e. The fourth-order valence-electron chi connectivity index (χ4n) is 3.19. The van der Waals surface area contributed by atoms with Crippen LogP contribution in [0.1, 0.15) is 24.6 Å². The average Bonchev–Trinajstić information content (AvgIpc) is 3.13. The summed E-state index contributed by atoms with van der Waals surface area (Å²) >= 11 is 0. The van der Waals surface area contributed by atoms with Crippen molar-refractivity contribution >= 4 is 5.69 Å². The van der Waals surface area contributed by atoms with Gasteiger partial charge >= 0.3 is 0 Å². The van der Waals surface area contributed by atoms with Crippen LogP contribution in [0.3, 0.4) is 0 Å².